The van der Waals surface area contributed by atoms with Gasteiger partial charge in [0.15, 0.2) is 0 Å². The zero-order valence-corrected chi connectivity index (χ0v) is 11.8. The highest BCUT2D eigenvalue weighted by molar-refractivity contribution is 6.21. The molecule has 22 heavy (non-hydrogen) atoms. The third-order valence-electron chi connectivity index (χ3n) is 3.71. The molecule has 2 amide bonds. The fourth-order valence-corrected chi connectivity index (χ4v) is 2.62. The molecule has 6 heteroatoms. The number of aromatic carboxylic acids is 1. The first-order valence-electron chi connectivity index (χ1n) is 6.76. The van der Waals surface area contributed by atoms with Gasteiger partial charge in [0.1, 0.15) is 11.3 Å². The number of hydrogen-bond donors (Lipinski definition) is 1. The molecule has 1 aliphatic rings. The van der Waals surface area contributed by atoms with E-state index in [0.717, 1.165) is 4.90 Å². The lowest BCUT2D eigenvalue weighted by Crippen LogP contribution is -2.31. The molecule has 1 aliphatic heterocycles. The summed E-state index contributed by atoms with van der Waals surface area (Å²) >= 11 is 0. The van der Waals surface area contributed by atoms with Crippen LogP contribution >= 0.6 is 0 Å². The van der Waals surface area contributed by atoms with Gasteiger partial charge in [0, 0.05) is 18.5 Å². The number of rotatable bonds is 4. The van der Waals surface area contributed by atoms with Crippen molar-refractivity contribution in [1.29, 1.82) is 0 Å². The van der Waals surface area contributed by atoms with Gasteiger partial charge in [0.2, 0.25) is 0 Å². The molecule has 0 spiro atoms. The Hall–Kier alpha value is -2.89. The number of imide groups is 1. The highest BCUT2D eigenvalue weighted by atomic mass is 16.4. The van der Waals surface area contributed by atoms with Gasteiger partial charge in [-0.25, -0.2) is 4.79 Å². The van der Waals surface area contributed by atoms with Crippen molar-refractivity contribution in [3.8, 4) is 0 Å². The van der Waals surface area contributed by atoms with E-state index in [2.05, 4.69) is 0 Å². The average molecular weight is 299 g/mol. The van der Waals surface area contributed by atoms with Gasteiger partial charge in [-0.15, -0.1) is 0 Å². The first-order chi connectivity index (χ1) is 10.5. The molecule has 0 radical (unpaired) electrons. The second-order valence-electron chi connectivity index (χ2n) is 5.08. The van der Waals surface area contributed by atoms with Crippen LogP contribution in [0.1, 0.15) is 42.4 Å². The number of amides is 2. The van der Waals surface area contributed by atoms with Gasteiger partial charge in [-0.1, -0.05) is 12.1 Å². The standard InChI is InChI=1S/C16H13NO5/c1-9-8-22-12(13(9)16(20)21)6-7-17-14(18)10-4-2-3-5-11(10)15(17)19/h2-5,8H,6-7H2,1H3,(H,20,21). The number of carbonyl (C=O) groups is 3. The summed E-state index contributed by atoms with van der Waals surface area (Å²) < 4.78 is 5.23. The zero-order chi connectivity index (χ0) is 15.9. The fraction of sp³-hybridized carbons (Fsp3) is 0.188. The van der Waals surface area contributed by atoms with Crippen LogP contribution in [0.5, 0.6) is 0 Å². The minimum absolute atomic E-state index is 0.0829. The Labute approximate surface area is 126 Å². The van der Waals surface area contributed by atoms with E-state index in [-0.39, 0.29) is 36.1 Å². The van der Waals surface area contributed by atoms with Gasteiger partial charge in [-0.2, -0.15) is 0 Å². The summed E-state index contributed by atoms with van der Waals surface area (Å²) in [5.41, 5.74) is 1.37. The van der Waals surface area contributed by atoms with Crippen LogP contribution in [0.15, 0.2) is 34.9 Å². The van der Waals surface area contributed by atoms with E-state index in [1.165, 1.54) is 6.26 Å². The maximum atomic E-state index is 12.2. The molecule has 0 saturated carbocycles. The number of carboxylic acids is 1. The van der Waals surface area contributed by atoms with E-state index in [9.17, 15) is 14.4 Å². The maximum absolute atomic E-state index is 12.2. The number of benzene rings is 1. The van der Waals surface area contributed by atoms with Crippen LogP contribution in [0.3, 0.4) is 0 Å². The number of carboxylic acid groups (broad SMARTS) is 1. The van der Waals surface area contributed by atoms with Gasteiger partial charge in [-0.05, 0) is 19.1 Å². The molecule has 2 heterocycles. The zero-order valence-electron chi connectivity index (χ0n) is 11.8. The van der Waals surface area contributed by atoms with Crippen molar-refractivity contribution in [3.63, 3.8) is 0 Å². The normalized spacial score (nSPS) is 13.6. The van der Waals surface area contributed by atoms with Crippen LogP contribution in [0.25, 0.3) is 0 Å². The van der Waals surface area contributed by atoms with E-state index in [4.69, 9.17) is 9.52 Å². The van der Waals surface area contributed by atoms with Gasteiger partial charge in [-0.3, -0.25) is 14.5 Å². The van der Waals surface area contributed by atoms with Crippen LogP contribution in [0.4, 0.5) is 0 Å². The molecule has 0 bridgehead atoms. The predicted molar refractivity (Wildman–Crippen MR) is 75.9 cm³/mol. The second kappa shape index (κ2) is 5.14. The first kappa shape index (κ1) is 14.1. The Balaban J connectivity index is 1.80. The molecule has 1 aromatic carbocycles. The summed E-state index contributed by atoms with van der Waals surface area (Å²) in [7, 11) is 0. The second-order valence-corrected chi connectivity index (χ2v) is 5.08. The molecule has 0 aliphatic carbocycles. The van der Waals surface area contributed by atoms with E-state index in [1.807, 2.05) is 0 Å². The molecule has 0 unspecified atom stereocenters. The summed E-state index contributed by atoms with van der Waals surface area (Å²) in [5.74, 6) is -1.54. The van der Waals surface area contributed by atoms with Crippen LogP contribution in [0, 0.1) is 6.92 Å². The topological polar surface area (TPSA) is 87.8 Å². The van der Waals surface area contributed by atoms with Crippen molar-refractivity contribution in [2.24, 2.45) is 0 Å². The first-order valence-corrected chi connectivity index (χ1v) is 6.76. The SMILES string of the molecule is Cc1coc(CCN2C(=O)c3ccccc3C2=O)c1C(=O)O. The number of furan rings is 1. The number of hydrogen-bond acceptors (Lipinski definition) is 4. The third-order valence-corrected chi connectivity index (χ3v) is 3.71. The molecule has 112 valence electrons. The molecule has 1 aromatic heterocycles. The van der Waals surface area contributed by atoms with Crippen molar-refractivity contribution < 1.29 is 23.9 Å². The van der Waals surface area contributed by atoms with Crippen molar-refractivity contribution >= 4 is 17.8 Å². The van der Waals surface area contributed by atoms with Gasteiger partial charge >= 0.3 is 5.97 Å². The van der Waals surface area contributed by atoms with E-state index in [0.29, 0.717) is 16.7 Å². The summed E-state index contributed by atoms with van der Waals surface area (Å²) in [6, 6.07) is 6.61. The molecule has 0 saturated heterocycles. The molecule has 0 atom stereocenters. The van der Waals surface area contributed by atoms with Crippen LogP contribution in [0.2, 0.25) is 0 Å². The van der Waals surface area contributed by atoms with Gasteiger partial charge in [0.25, 0.3) is 11.8 Å². The van der Waals surface area contributed by atoms with E-state index >= 15 is 0 Å². The maximum Gasteiger partial charge on any atom is 0.339 e. The minimum Gasteiger partial charge on any atom is -0.478 e. The molecular weight excluding hydrogens is 286 g/mol. The van der Waals surface area contributed by atoms with Crippen molar-refractivity contribution in [2.75, 3.05) is 6.54 Å². The predicted octanol–water partition coefficient (Wildman–Crippen LogP) is 2.12. The smallest absolute Gasteiger partial charge is 0.339 e. The number of nitrogens with zero attached hydrogens (tertiary/aromatic N) is 1. The molecule has 1 N–H and O–H groups in total. The van der Waals surface area contributed by atoms with Crippen LogP contribution in [-0.4, -0.2) is 34.3 Å². The Bertz CT molecular complexity index is 755. The van der Waals surface area contributed by atoms with Crippen LogP contribution < -0.4 is 0 Å². The Kier molecular flexibility index (Phi) is 3.29. The fourth-order valence-electron chi connectivity index (χ4n) is 2.62. The lowest BCUT2D eigenvalue weighted by Gasteiger charge is -2.12. The third kappa shape index (κ3) is 2.09. The lowest BCUT2D eigenvalue weighted by molar-refractivity contribution is 0.0654. The van der Waals surface area contributed by atoms with Crippen molar-refractivity contribution in [2.45, 2.75) is 13.3 Å². The molecular formula is C16H13NO5. The highest BCUT2D eigenvalue weighted by Crippen LogP contribution is 2.24. The van der Waals surface area contributed by atoms with Crippen molar-refractivity contribution in [3.05, 3.63) is 58.5 Å². The van der Waals surface area contributed by atoms with Crippen molar-refractivity contribution in [1.82, 2.24) is 4.90 Å². The minimum atomic E-state index is -1.08. The average Bonchev–Trinajstić information content (AvgIpc) is 2.98. The quantitative estimate of drug-likeness (QED) is 0.874. The molecule has 0 fully saturated rings. The summed E-state index contributed by atoms with van der Waals surface area (Å²) in [6.45, 7) is 1.72. The molecule has 2 aromatic rings. The number of aryl methyl sites for hydroxylation is 1. The van der Waals surface area contributed by atoms with E-state index in [1.54, 1.807) is 31.2 Å². The Morgan fingerprint density at radius 3 is 2.32 bits per heavy atom. The molecule has 6 nitrogen and oxygen atoms in total. The summed E-state index contributed by atoms with van der Waals surface area (Å²) in [5, 5.41) is 9.17. The van der Waals surface area contributed by atoms with Gasteiger partial charge in [0.05, 0.1) is 17.4 Å². The number of fused-ring (bicyclic) bond motifs is 1. The lowest BCUT2D eigenvalue weighted by atomic mass is 10.1. The monoisotopic (exact) mass is 299 g/mol. The summed E-state index contributed by atoms with van der Waals surface area (Å²) in [6.07, 6.45) is 1.53. The van der Waals surface area contributed by atoms with E-state index < -0.39 is 5.97 Å². The van der Waals surface area contributed by atoms with Crippen LogP contribution in [-0.2, 0) is 6.42 Å². The Morgan fingerprint density at radius 1 is 1.18 bits per heavy atom. The number of carbonyl (C=O) groups excluding carboxylic acids is 2. The summed E-state index contributed by atoms with van der Waals surface area (Å²) in [4.78, 5) is 36.7. The Morgan fingerprint density at radius 2 is 1.77 bits per heavy atom. The van der Waals surface area contributed by atoms with Gasteiger partial charge < -0.3 is 9.52 Å². The largest absolute Gasteiger partial charge is 0.478 e. The molecule has 3 rings (SSSR count). The highest BCUT2D eigenvalue weighted by Gasteiger charge is 2.35.